The lowest BCUT2D eigenvalue weighted by atomic mass is 10.1. The number of aliphatic hydroxyl groups is 1. The molecule has 3 N–H and O–H groups in total. The second kappa shape index (κ2) is 7.76. The predicted molar refractivity (Wildman–Crippen MR) is 90.4 cm³/mol. The van der Waals surface area contributed by atoms with E-state index in [-0.39, 0.29) is 18.2 Å². The number of carbonyl (C=O) groups is 2. The highest BCUT2D eigenvalue weighted by Crippen LogP contribution is 2.26. The summed E-state index contributed by atoms with van der Waals surface area (Å²) in [5.74, 6) is -0.637. The van der Waals surface area contributed by atoms with Gasteiger partial charge in [-0.05, 0) is 23.8 Å². The van der Waals surface area contributed by atoms with E-state index < -0.39 is 6.10 Å². The van der Waals surface area contributed by atoms with Gasteiger partial charge in [0.1, 0.15) is 0 Å². The van der Waals surface area contributed by atoms with E-state index in [9.17, 15) is 14.7 Å². The van der Waals surface area contributed by atoms with Gasteiger partial charge in [0.05, 0.1) is 23.9 Å². The Labute approximate surface area is 139 Å². The molecule has 1 unspecified atom stereocenters. The van der Waals surface area contributed by atoms with Crippen LogP contribution in [-0.2, 0) is 9.59 Å². The van der Waals surface area contributed by atoms with Crippen LogP contribution < -0.4 is 10.6 Å². The maximum Gasteiger partial charge on any atom is 0.227 e. The molecular formula is C17H17ClN2O3. The summed E-state index contributed by atoms with van der Waals surface area (Å²) in [6, 6.07) is 13.7. The lowest BCUT2D eigenvalue weighted by Crippen LogP contribution is -2.17. The molecule has 2 amide bonds. The molecule has 0 radical (unpaired) electrons. The smallest absolute Gasteiger partial charge is 0.227 e. The highest BCUT2D eigenvalue weighted by molar-refractivity contribution is 6.31. The average molecular weight is 333 g/mol. The summed E-state index contributed by atoms with van der Waals surface area (Å²) >= 11 is 5.90. The second-order valence-electron chi connectivity index (χ2n) is 5.05. The van der Waals surface area contributed by atoms with Crippen molar-refractivity contribution in [1.29, 1.82) is 0 Å². The summed E-state index contributed by atoms with van der Waals surface area (Å²) in [6.07, 6.45) is -0.987. The third-order valence-corrected chi connectivity index (χ3v) is 3.36. The van der Waals surface area contributed by atoms with Gasteiger partial charge in [0.25, 0.3) is 0 Å². The van der Waals surface area contributed by atoms with Gasteiger partial charge < -0.3 is 15.7 Å². The fraction of sp³-hybridized carbons (Fsp3) is 0.176. The van der Waals surface area contributed by atoms with Crippen molar-refractivity contribution in [2.24, 2.45) is 0 Å². The van der Waals surface area contributed by atoms with Crippen molar-refractivity contribution < 1.29 is 14.7 Å². The zero-order chi connectivity index (χ0) is 16.8. The van der Waals surface area contributed by atoms with Crippen LogP contribution in [0, 0.1) is 0 Å². The van der Waals surface area contributed by atoms with Gasteiger partial charge in [0, 0.05) is 11.9 Å². The molecule has 6 heteroatoms. The number of rotatable bonds is 5. The molecule has 5 nitrogen and oxygen atoms in total. The topological polar surface area (TPSA) is 78.4 Å². The molecule has 2 aromatic carbocycles. The first-order valence-electron chi connectivity index (χ1n) is 7.05. The molecule has 0 spiro atoms. The number of hydrogen-bond acceptors (Lipinski definition) is 3. The summed E-state index contributed by atoms with van der Waals surface area (Å²) in [6.45, 7) is 1.37. The molecule has 0 aromatic heterocycles. The Morgan fingerprint density at radius 1 is 1.09 bits per heavy atom. The van der Waals surface area contributed by atoms with Crippen LogP contribution in [0.25, 0.3) is 0 Å². The molecule has 0 aliphatic heterocycles. The van der Waals surface area contributed by atoms with E-state index in [4.69, 9.17) is 11.6 Å². The lowest BCUT2D eigenvalue weighted by molar-refractivity contribution is -0.118. The van der Waals surface area contributed by atoms with Crippen molar-refractivity contribution >= 4 is 34.8 Å². The number of halogens is 1. The predicted octanol–water partition coefficient (Wildman–Crippen LogP) is 3.36. The van der Waals surface area contributed by atoms with E-state index in [2.05, 4.69) is 10.6 Å². The van der Waals surface area contributed by atoms with Gasteiger partial charge in [-0.15, -0.1) is 0 Å². The Morgan fingerprint density at radius 2 is 1.78 bits per heavy atom. The summed E-state index contributed by atoms with van der Waals surface area (Å²) in [5.41, 5.74) is 1.50. The normalized spacial score (nSPS) is 11.6. The highest BCUT2D eigenvalue weighted by Gasteiger charge is 2.14. The highest BCUT2D eigenvalue weighted by atomic mass is 35.5. The number of carbonyl (C=O) groups excluding carboxylic acids is 2. The van der Waals surface area contributed by atoms with E-state index in [0.29, 0.717) is 22.0 Å². The van der Waals surface area contributed by atoms with Gasteiger partial charge >= 0.3 is 0 Å². The van der Waals surface area contributed by atoms with Crippen LogP contribution in [0.4, 0.5) is 11.4 Å². The first-order chi connectivity index (χ1) is 11.0. The van der Waals surface area contributed by atoms with Gasteiger partial charge in [-0.1, -0.05) is 41.9 Å². The lowest BCUT2D eigenvalue weighted by Gasteiger charge is -2.14. The minimum absolute atomic E-state index is 0.0911. The molecular weight excluding hydrogens is 316 g/mol. The van der Waals surface area contributed by atoms with Crippen LogP contribution in [-0.4, -0.2) is 16.9 Å². The van der Waals surface area contributed by atoms with Crippen LogP contribution in [0.2, 0.25) is 5.02 Å². The van der Waals surface area contributed by atoms with Crippen LogP contribution in [0.15, 0.2) is 48.5 Å². The minimum Gasteiger partial charge on any atom is -0.388 e. The first kappa shape index (κ1) is 17.0. The maximum atomic E-state index is 12.1. The molecule has 23 heavy (non-hydrogen) atoms. The number of aliphatic hydroxyl groups excluding tert-OH is 1. The van der Waals surface area contributed by atoms with E-state index in [1.54, 1.807) is 42.5 Å². The molecule has 120 valence electrons. The van der Waals surface area contributed by atoms with Crippen LogP contribution in [0.1, 0.15) is 25.0 Å². The zero-order valence-electron chi connectivity index (χ0n) is 12.5. The minimum atomic E-state index is -0.896. The molecule has 1 atom stereocenters. The number of nitrogens with one attached hydrogen (secondary N) is 2. The van der Waals surface area contributed by atoms with Crippen molar-refractivity contribution in [2.45, 2.75) is 19.4 Å². The fourth-order valence-electron chi connectivity index (χ4n) is 2.09. The summed E-state index contributed by atoms with van der Waals surface area (Å²) in [7, 11) is 0. The van der Waals surface area contributed by atoms with Crippen molar-refractivity contribution in [2.75, 3.05) is 10.6 Å². The third kappa shape index (κ3) is 5.09. The quantitative estimate of drug-likeness (QED) is 0.785. The largest absolute Gasteiger partial charge is 0.388 e. The summed E-state index contributed by atoms with van der Waals surface area (Å²) in [4.78, 5) is 23.3. The van der Waals surface area contributed by atoms with Crippen molar-refractivity contribution in [3.05, 3.63) is 59.1 Å². The molecule has 2 aromatic rings. The van der Waals surface area contributed by atoms with Crippen molar-refractivity contribution in [1.82, 2.24) is 0 Å². The van der Waals surface area contributed by atoms with Crippen LogP contribution >= 0.6 is 11.6 Å². The van der Waals surface area contributed by atoms with Gasteiger partial charge in [-0.25, -0.2) is 0 Å². The third-order valence-electron chi connectivity index (χ3n) is 3.13. The van der Waals surface area contributed by atoms with Crippen molar-refractivity contribution in [3.63, 3.8) is 0 Å². The Bertz CT molecular complexity index is 704. The second-order valence-corrected chi connectivity index (χ2v) is 5.49. The van der Waals surface area contributed by atoms with Gasteiger partial charge in [0.2, 0.25) is 11.8 Å². The molecule has 2 rings (SSSR count). The molecule has 0 saturated heterocycles. The molecule has 0 heterocycles. The number of benzene rings is 2. The number of amides is 2. The fourth-order valence-corrected chi connectivity index (χ4v) is 2.26. The first-order valence-corrected chi connectivity index (χ1v) is 7.43. The standard InChI is InChI=1S/C17H17ClN2O3/c1-11(21)19-15-9-13(18)7-8-14(15)20-17(23)10-16(22)12-5-3-2-4-6-12/h2-9,16,22H,10H2,1H3,(H,19,21)(H,20,23). The molecule has 0 bridgehead atoms. The van der Waals surface area contributed by atoms with E-state index in [0.717, 1.165) is 0 Å². The summed E-state index contributed by atoms with van der Waals surface area (Å²) in [5, 5.41) is 15.8. The SMILES string of the molecule is CC(=O)Nc1cc(Cl)ccc1NC(=O)CC(O)c1ccccc1. The monoisotopic (exact) mass is 332 g/mol. The summed E-state index contributed by atoms with van der Waals surface area (Å²) < 4.78 is 0. The molecule has 0 aliphatic carbocycles. The number of anilines is 2. The number of hydrogen-bond donors (Lipinski definition) is 3. The van der Waals surface area contributed by atoms with Gasteiger partial charge in [0.15, 0.2) is 0 Å². The molecule has 0 fully saturated rings. The Kier molecular flexibility index (Phi) is 5.73. The van der Waals surface area contributed by atoms with Crippen molar-refractivity contribution in [3.8, 4) is 0 Å². The average Bonchev–Trinajstić information content (AvgIpc) is 2.50. The van der Waals surface area contributed by atoms with E-state index in [1.165, 1.54) is 6.92 Å². The van der Waals surface area contributed by atoms with Gasteiger partial charge in [-0.3, -0.25) is 9.59 Å². The van der Waals surface area contributed by atoms with Gasteiger partial charge in [-0.2, -0.15) is 0 Å². The van der Waals surface area contributed by atoms with E-state index >= 15 is 0 Å². The molecule has 0 aliphatic rings. The van der Waals surface area contributed by atoms with Crippen LogP contribution in [0.3, 0.4) is 0 Å². The Balaban J connectivity index is 2.07. The molecule has 0 saturated carbocycles. The van der Waals surface area contributed by atoms with Crippen LogP contribution in [0.5, 0.6) is 0 Å². The van der Waals surface area contributed by atoms with E-state index in [1.807, 2.05) is 6.07 Å². The zero-order valence-corrected chi connectivity index (χ0v) is 13.3. The Hall–Kier alpha value is -2.37. The Morgan fingerprint density at radius 3 is 2.43 bits per heavy atom. The maximum absolute atomic E-state index is 12.1.